The van der Waals surface area contributed by atoms with Gasteiger partial charge in [0.25, 0.3) is 5.91 Å². The average molecular weight is 429 g/mol. The molecule has 1 unspecified atom stereocenters. The summed E-state index contributed by atoms with van der Waals surface area (Å²) < 4.78 is 2.28. The lowest BCUT2D eigenvalue weighted by Crippen LogP contribution is -2.41. The molecule has 1 aromatic carbocycles. The summed E-state index contributed by atoms with van der Waals surface area (Å²) in [4.78, 5) is 29.9. The van der Waals surface area contributed by atoms with Crippen LogP contribution in [0.2, 0.25) is 0 Å². The zero-order valence-electron chi connectivity index (χ0n) is 15.9. The quantitative estimate of drug-likeness (QED) is 0.396. The van der Waals surface area contributed by atoms with Crippen LogP contribution in [-0.4, -0.2) is 37.6 Å². The van der Waals surface area contributed by atoms with Gasteiger partial charge in [0.2, 0.25) is 5.91 Å². The summed E-state index contributed by atoms with van der Waals surface area (Å²) in [6, 6.07) is 8.00. The molecule has 3 aromatic rings. The Labute approximate surface area is 176 Å². The van der Waals surface area contributed by atoms with Gasteiger partial charge in [-0.05, 0) is 38.2 Å². The summed E-state index contributed by atoms with van der Waals surface area (Å²) in [6.45, 7) is 7.69. The normalized spacial score (nSPS) is 11.7. The molecule has 8 nitrogen and oxygen atoms in total. The first-order chi connectivity index (χ1) is 13.9. The lowest BCUT2D eigenvalue weighted by atomic mass is 10.2. The Kier molecular flexibility index (Phi) is 6.35. The van der Waals surface area contributed by atoms with Crippen LogP contribution in [0.15, 0.2) is 43.0 Å². The molecule has 3 N–H and O–H groups in total. The van der Waals surface area contributed by atoms with Gasteiger partial charge in [-0.25, -0.2) is 4.98 Å². The summed E-state index contributed by atoms with van der Waals surface area (Å²) in [5, 5.41) is 12.9. The van der Waals surface area contributed by atoms with Crippen LogP contribution in [0.25, 0.3) is 10.7 Å². The molecule has 2 amide bonds. The Morgan fingerprint density at radius 3 is 2.79 bits per heavy atom. The maximum Gasteiger partial charge on any atom is 0.251 e. The number of rotatable bonds is 7. The standard InChI is InChI=1S/C19H20N6O2S2/c1-4-10-25-15(23-24-19(25)28)14-11(2)21-18(29-14)22-16(26)12(3)20-17(27)13-8-6-5-7-9-13/h4-9,12H,1,10H2,2-3H3,(H,20,27)(H,24,28)(H,21,22,26). The van der Waals surface area contributed by atoms with Gasteiger partial charge < -0.3 is 10.6 Å². The summed E-state index contributed by atoms with van der Waals surface area (Å²) >= 11 is 6.53. The first-order valence-electron chi connectivity index (χ1n) is 8.81. The van der Waals surface area contributed by atoms with Gasteiger partial charge in [0.15, 0.2) is 15.7 Å². The van der Waals surface area contributed by atoms with Crippen LogP contribution in [0.3, 0.4) is 0 Å². The van der Waals surface area contributed by atoms with Crippen LogP contribution in [0, 0.1) is 11.7 Å². The van der Waals surface area contributed by atoms with Crippen molar-refractivity contribution >= 4 is 40.5 Å². The zero-order valence-corrected chi connectivity index (χ0v) is 17.6. The monoisotopic (exact) mass is 428 g/mol. The first-order valence-corrected chi connectivity index (χ1v) is 10.0. The SMILES string of the molecule is C=CCn1c(-c2sc(NC(=O)C(C)NC(=O)c3ccccc3)nc2C)n[nH]c1=S. The van der Waals surface area contributed by atoms with E-state index in [-0.39, 0.29) is 11.8 Å². The van der Waals surface area contributed by atoms with Crippen molar-refractivity contribution in [3.63, 3.8) is 0 Å². The van der Waals surface area contributed by atoms with Gasteiger partial charge in [-0.3, -0.25) is 19.3 Å². The third-order valence-corrected chi connectivity index (χ3v) is 5.46. The van der Waals surface area contributed by atoms with Crippen LogP contribution in [0.5, 0.6) is 0 Å². The Morgan fingerprint density at radius 2 is 2.10 bits per heavy atom. The highest BCUT2D eigenvalue weighted by molar-refractivity contribution is 7.71. The number of allylic oxidation sites excluding steroid dienone is 1. The van der Waals surface area contributed by atoms with E-state index in [0.717, 1.165) is 4.88 Å². The Balaban J connectivity index is 1.72. The lowest BCUT2D eigenvalue weighted by molar-refractivity contribution is -0.117. The predicted molar refractivity (Wildman–Crippen MR) is 115 cm³/mol. The van der Waals surface area contributed by atoms with Crippen molar-refractivity contribution in [1.29, 1.82) is 0 Å². The fourth-order valence-corrected chi connectivity index (χ4v) is 3.77. The lowest BCUT2D eigenvalue weighted by Gasteiger charge is -2.12. The van der Waals surface area contributed by atoms with Crippen LogP contribution < -0.4 is 10.6 Å². The van der Waals surface area contributed by atoms with Gasteiger partial charge in [-0.1, -0.05) is 35.6 Å². The molecule has 1 atom stereocenters. The molecule has 0 aliphatic carbocycles. The number of thiazole rings is 1. The molecular weight excluding hydrogens is 408 g/mol. The second kappa shape index (κ2) is 8.93. The summed E-state index contributed by atoms with van der Waals surface area (Å²) in [5.74, 6) is -0.0420. The van der Waals surface area contributed by atoms with Gasteiger partial charge in [0.05, 0.1) is 10.6 Å². The summed E-state index contributed by atoms with van der Waals surface area (Å²) in [6.07, 6.45) is 1.73. The highest BCUT2D eigenvalue weighted by Gasteiger charge is 2.20. The number of aromatic amines is 1. The van der Waals surface area contributed by atoms with Crippen molar-refractivity contribution in [2.24, 2.45) is 0 Å². The fraction of sp³-hybridized carbons (Fsp3) is 0.211. The minimum absolute atomic E-state index is 0.316. The summed E-state index contributed by atoms with van der Waals surface area (Å²) in [5.41, 5.74) is 1.20. The number of carbonyl (C=O) groups is 2. The average Bonchev–Trinajstić information content (AvgIpc) is 3.24. The molecule has 0 saturated carbocycles. The van der Waals surface area contributed by atoms with Crippen LogP contribution in [0.1, 0.15) is 23.0 Å². The number of anilines is 1. The number of carbonyl (C=O) groups excluding carboxylic acids is 2. The third-order valence-electron chi connectivity index (χ3n) is 4.08. The molecule has 2 aromatic heterocycles. The molecule has 0 bridgehead atoms. The van der Waals surface area contributed by atoms with Crippen molar-refractivity contribution in [1.82, 2.24) is 25.1 Å². The molecule has 29 heavy (non-hydrogen) atoms. The van der Waals surface area contributed by atoms with Crippen LogP contribution in [0.4, 0.5) is 5.13 Å². The molecule has 10 heteroatoms. The summed E-state index contributed by atoms with van der Waals surface area (Å²) in [7, 11) is 0. The highest BCUT2D eigenvalue weighted by Crippen LogP contribution is 2.31. The molecule has 0 fully saturated rings. The zero-order chi connectivity index (χ0) is 21.0. The molecule has 2 heterocycles. The number of benzene rings is 1. The topological polar surface area (TPSA) is 105 Å². The van der Waals surface area contributed by atoms with Gasteiger partial charge >= 0.3 is 0 Å². The Bertz CT molecular complexity index is 1100. The van der Waals surface area contributed by atoms with E-state index < -0.39 is 6.04 Å². The molecule has 150 valence electrons. The van der Waals surface area contributed by atoms with Gasteiger partial charge in [0.1, 0.15) is 6.04 Å². The molecule has 0 aliphatic rings. The van der Waals surface area contributed by atoms with Crippen molar-refractivity contribution < 1.29 is 9.59 Å². The van der Waals surface area contributed by atoms with Crippen molar-refractivity contribution in [3.05, 3.63) is 59.0 Å². The van der Waals surface area contributed by atoms with E-state index in [4.69, 9.17) is 12.2 Å². The molecule has 0 saturated heterocycles. The maximum absolute atomic E-state index is 12.5. The number of amides is 2. The minimum atomic E-state index is -0.731. The van der Waals surface area contributed by atoms with Crippen molar-refractivity contribution in [3.8, 4) is 10.7 Å². The van der Waals surface area contributed by atoms with E-state index in [9.17, 15) is 9.59 Å². The second-order valence-electron chi connectivity index (χ2n) is 6.24. The largest absolute Gasteiger partial charge is 0.341 e. The molecule has 0 spiro atoms. The molecule has 3 rings (SSSR count). The fourth-order valence-electron chi connectivity index (χ4n) is 2.60. The van der Waals surface area contributed by atoms with Gasteiger partial charge in [0, 0.05) is 12.1 Å². The van der Waals surface area contributed by atoms with E-state index in [1.54, 1.807) is 41.8 Å². The van der Waals surface area contributed by atoms with Crippen molar-refractivity contribution in [2.75, 3.05) is 5.32 Å². The molecule has 0 radical (unpaired) electrons. The van der Waals surface area contributed by atoms with E-state index >= 15 is 0 Å². The number of aryl methyl sites for hydroxylation is 1. The highest BCUT2D eigenvalue weighted by atomic mass is 32.1. The molecular formula is C19H20N6O2S2. The third kappa shape index (κ3) is 4.66. The van der Waals surface area contributed by atoms with Crippen molar-refractivity contribution in [2.45, 2.75) is 26.4 Å². The van der Waals surface area contributed by atoms with E-state index in [2.05, 4.69) is 32.4 Å². The van der Waals surface area contributed by atoms with E-state index in [1.165, 1.54) is 11.3 Å². The van der Waals surface area contributed by atoms with Gasteiger partial charge in [-0.2, -0.15) is 5.10 Å². The maximum atomic E-state index is 12.5. The second-order valence-corrected chi connectivity index (χ2v) is 7.62. The van der Waals surface area contributed by atoms with E-state index in [0.29, 0.717) is 33.5 Å². The Morgan fingerprint density at radius 1 is 1.38 bits per heavy atom. The first kappa shape index (κ1) is 20.6. The Hall–Kier alpha value is -3.11. The number of hydrogen-bond donors (Lipinski definition) is 3. The molecule has 0 aliphatic heterocycles. The number of hydrogen-bond acceptors (Lipinski definition) is 6. The number of nitrogens with zero attached hydrogens (tertiary/aromatic N) is 3. The minimum Gasteiger partial charge on any atom is -0.341 e. The smallest absolute Gasteiger partial charge is 0.251 e. The van der Waals surface area contributed by atoms with E-state index in [1.807, 2.05) is 13.0 Å². The predicted octanol–water partition coefficient (Wildman–Crippen LogP) is 3.32. The van der Waals surface area contributed by atoms with Gasteiger partial charge in [-0.15, -0.1) is 6.58 Å². The number of H-pyrrole nitrogens is 1. The number of aromatic nitrogens is 4. The number of nitrogens with one attached hydrogen (secondary N) is 3. The van der Waals surface area contributed by atoms with Crippen LogP contribution >= 0.6 is 23.6 Å². The van der Waals surface area contributed by atoms with Crippen LogP contribution in [-0.2, 0) is 11.3 Å².